The number of imidazole rings is 1. The van der Waals surface area contributed by atoms with Gasteiger partial charge in [-0.3, -0.25) is 0 Å². The first-order chi connectivity index (χ1) is 24.3. The van der Waals surface area contributed by atoms with Gasteiger partial charge in [-0.15, -0.1) is 0 Å². The number of rotatable bonds is 15. The molecule has 0 radical (unpaired) electrons. The van der Waals surface area contributed by atoms with Gasteiger partial charge in [-0.25, -0.2) is 0 Å². The van der Waals surface area contributed by atoms with E-state index in [1.54, 1.807) is 0 Å². The predicted molar refractivity (Wildman–Crippen MR) is 188 cm³/mol. The summed E-state index contributed by atoms with van der Waals surface area (Å²) in [6, 6.07) is 50.1. The highest BCUT2D eigenvalue weighted by atomic mass is 16.6. The first-order valence-corrected chi connectivity index (χ1v) is 16.7. The predicted octanol–water partition coefficient (Wildman–Crippen LogP) is 8.88. The summed E-state index contributed by atoms with van der Waals surface area (Å²) in [5.74, 6) is 1.87. The highest BCUT2D eigenvalue weighted by Gasteiger charge is 2.47. The molecule has 0 spiro atoms. The molecule has 2 heterocycles. The Balaban J connectivity index is 1.27. The third kappa shape index (κ3) is 8.52. The lowest BCUT2D eigenvalue weighted by atomic mass is 9.95. The summed E-state index contributed by atoms with van der Waals surface area (Å²) in [7, 11) is 0. The monoisotopic (exact) mass is 652 g/mol. The van der Waals surface area contributed by atoms with Gasteiger partial charge in [-0.05, 0) is 34.4 Å². The Hall–Kier alpha value is -5.05. The fraction of sp³-hybridized carbons (Fsp3) is 0.214. The molecule has 0 bridgehead atoms. The summed E-state index contributed by atoms with van der Waals surface area (Å²) < 4.78 is 35.3. The average molecular weight is 653 g/mol. The zero-order valence-corrected chi connectivity index (χ0v) is 27.3. The molecule has 4 atom stereocenters. The molecule has 1 aromatic heterocycles. The third-order valence-corrected chi connectivity index (χ3v) is 8.56. The molecule has 0 saturated carbocycles. The van der Waals surface area contributed by atoms with Crippen molar-refractivity contribution in [1.29, 1.82) is 0 Å². The molecule has 248 valence electrons. The molecule has 0 aliphatic carbocycles. The van der Waals surface area contributed by atoms with Gasteiger partial charge < -0.3 is 28.3 Å². The minimum atomic E-state index is -0.566. The van der Waals surface area contributed by atoms with Gasteiger partial charge in [0.1, 0.15) is 29.9 Å². The van der Waals surface area contributed by atoms with Crippen LogP contribution >= 0.6 is 0 Å². The maximum atomic E-state index is 6.88. The lowest BCUT2D eigenvalue weighted by Gasteiger charge is -2.42. The van der Waals surface area contributed by atoms with Crippen LogP contribution in [0.1, 0.15) is 40.2 Å². The lowest BCUT2D eigenvalue weighted by Crippen LogP contribution is -2.50. The van der Waals surface area contributed by atoms with E-state index in [1.807, 2.05) is 109 Å². The maximum Gasteiger partial charge on any atom is 0.237 e. The Kier molecular flexibility index (Phi) is 10.9. The molecule has 0 N–H and O–H groups in total. The van der Waals surface area contributed by atoms with E-state index in [0.717, 1.165) is 22.3 Å². The van der Waals surface area contributed by atoms with Crippen molar-refractivity contribution in [2.75, 3.05) is 6.61 Å². The molecule has 0 fully saturated rings. The van der Waals surface area contributed by atoms with Crippen LogP contribution in [0.2, 0.25) is 0 Å². The van der Waals surface area contributed by atoms with Crippen LogP contribution < -0.4 is 4.74 Å². The summed E-state index contributed by atoms with van der Waals surface area (Å²) in [6.07, 6.45) is 0.400. The molecule has 7 heteroatoms. The van der Waals surface area contributed by atoms with Gasteiger partial charge >= 0.3 is 0 Å². The number of ether oxygens (including phenoxy) is 5. The number of nitrogens with zero attached hydrogens (tertiary/aromatic N) is 2. The Bertz CT molecular complexity index is 1840. The lowest BCUT2D eigenvalue weighted by molar-refractivity contribution is -0.188. The summed E-state index contributed by atoms with van der Waals surface area (Å²) in [4.78, 5) is 5.04. The molecule has 7 rings (SSSR count). The van der Waals surface area contributed by atoms with Crippen LogP contribution in [0, 0.1) is 0 Å². The molecule has 7 nitrogen and oxygen atoms in total. The minimum Gasteiger partial charge on any atom is -0.438 e. The van der Waals surface area contributed by atoms with Crippen LogP contribution in [0.5, 0.6) is 11.6 Å². The quantitative estimate of drug-likeness (QED) is 0.110. The summed E-state index contributed by atoms with van der Waals surface area (Å²) in [5, 5.41) is 0. The van der Waals surface area contributed by atoms with Crippen molar-refractivity contribution in [3.8, 4) is 11.6 Å². The maximum absolute atomic E-state index is 6.88. The van der Waals surface area contributed by atoms with Crippen molar-refractivity contribution in [1.82, 2.24) is 9.55 Å². The van der Waals surface area contributed by atoms with E-state index in [9.17, 15) is 0 Å². The van der Waals surface area contributed by atoms with Gasteiger partial charge in [0.15, 0.2) is 0 Å². The van der Waals surface area contributed by atoms with Crippen molar-refractivity contribution in [2.45, 2.75) is 50.8 Å². The van der Waals surface area contributed by atoms with E-state index in [-0.39, 0.29) is 6.04 Å². The molecule has 0 amide bonds. The van der Waals surface area contributed by atoms with Gasteiger partial charge in [0.05, 0.1) is 45.3 Å². The van der Waals surface area contributed by atoms with Crippen molar-refractivity contribution in [3.63, 3.8) is 0 Å². The van der Waals surface area contributed by atoms with E-state index in [2.05, 4.69) is 53.1 Å². The fourth-order valence-electron chi connectivity index (χ4n) is 6.11. The summed E-state index contributed by atoms with van der Waals surface area (Å²) in [6.45, 7) is 1.98. The Morgan fingerprint density at radius 1 is 0.490 bits per heavy atom. The summed E-state index contributed by atoms with van der Waals surface area (Å²) in [5.41, 5.74) is 4.28. The van der Waals surface area contributed by atoms with Crippen LogP contribution in [0.4, 0.5) is 0 Å². The van der Waals surface area contributed by atoms with Crippen LogP contribution in [-0.2, 0) is 45.4 Å². The number of aromatic nitrogens is 2. The van der Waals surface area contributed by atoms with Gasteiger partial charge in [0.2, 0.25) is 5.88 Å². The van der Waals surface area contributed by atoms with Crippen LogP contribution in [0.25, 0.3) is 0 Å². The van der Waals surface area contributed by atoms with E-state index >= 15 is 0 Å². The Morgan fingerprint density at radius 2 is 0.939 bits per heavy atom. The largest absolute Gasteiger partial charge is 0.438 e. The van der Waals surface area contributed by atoms with Crippen LogP contribution in [0.15, 0.2) is 158 Å². The van der Waals surface area contributed by atoms with E-state index < -0.39 is 18.3 Å². The zero-order chi connectivity index (χ0) is 33.1. The highest BCUT2D eigenvalue weighted by Crippen LogP contribution is 2.41. The molecule has 0 unspecified atom stereocenters. The number of fused-ring (bicyclic) bond motifs is 1. The minimum absolute atomic E-state index is 0.291. The molecule has 1 aliphatic heterocycles. The Labute approximate surface area is 287 Å². The number of hydrogen-bond acceptors (Lipinski definition) is 6. The molecule has 1 aliphatic rings. The van der Waals surface area contributed by atoms with Crippen LogP contribution in [-0.4, -0.2) is 28.4 Å². The highest BCUT2D eigenvalue weighted by molar-refractivity contribution is 5.28. The number of para-hydroxylation sites is 1. The van der Waals surface area contributed by atoms with E-state index in [0.29, 0.717) is 50.5 Å². The van der Waals surface area contributed by atoms with Gasteiger partial charge in [0, 0.05) is 0 Å². The number of benzene rings is 5. The second-order valence-electron chi connectivity index (χ2n) is 12.1. The van der Waals surface area contributed by atoms with Gasteiger partial charge in [-0.2, -0.15) is 4.98 Å². The second-order valence-corrected chi connectivity index (χ2v) is 12.1. The van der Waals surface area contributed by atoms with E-state index in [4.69, 9.17) is 28.7 Å². The SMILES string of the molecule is c1ccc(COC[C@@H]2[C@@H](OCc3ccccc3)[C@H](OCc3ccccc3)[C@@H](OCc3ccccc3)c3nc(Oc4ccccc4)cn32)cc1. The van der Waals surface area contributed by atoms with Gasteiger partial charge in [0.25, 0.3) is 0 Å². The second kappa shape index (κ2) is 16.4. The first kappa shape index (κ1) is 32.5. The Morgan fingerprint density at radius 3 is 1.47 bits per heavy atom. The van der Waals surface area contributed by atoms with Crippen LogP contribution in [0.3, 0.4) is 0 Å². The van der Waals surface area contributed by atoms with E-state index in [1.165, 1.54) is 0 Å². The molecular weight excluding hydrogens is 612 g/mol. The van der Waals surface area contributed by atoms with Crippen molar-refractivity contribution < 1.29 is 23.7 Å². The molecule has 5 aromatic carbocycles. The fourth-order valence-corrected chi connectivity index (χ4v) is 6.11. The normalized spacial score (nSPS) is 18.5. The van der Waals surface area contributed by atoms with Gasteiger partial charge in [-0.1, -0.05) is 140 Å². The molecular formula is C42H40N2O5. The summed E-state index contributed by atoms with van der Waals surface area (Å²) >= 11 is 0. The smallest absolute Gasteiger partial charge is 0.237 e. The standard InChI is InChI=1S/C42H40N2O5/c1-6-16-32(17-7-1)27-45-31-37-39(46-28-33-18-8-2-9-19-33)40(47-29-34-20-10-3-11-21-34)41(48-30-35-22-12-4-13-23-35)42-43-38(26-44(37)42)49-36-24-14-5-15-25-36/h1-26,37,39-41H,27-31H2/t37-,39-,40+,41-/m1/s1. The third-order valence-electron chi connectivity index (χ3n) is 8.56. The van der Waals surface area contributed by atoms with Crippen molar-refractivity contribution >= 4 is 0 Å². The number of hydrogen-bond donors (Lipinski definition) is 0. The van der Waals surface area contributed by atoms with Crippen molar-refractivity contribution in [3.05, 3.63) is 186 Å². The van der Waals surface area contributed by atoms with Crippen molar-refractivity contribution in [2.24, 2.45) is 0 Å². The molecule has 6 aromatic rings. The average Bonchev–Trinajstić information content (AvgIpc) is 3.58. The zero-order valence-electron chi connectivity index (χ0n) is 27.3. The topological polar surface area (TPSA) is 64.0 Å². The first-order valence-electron chi connectivity index (χ1n) is 16.7. The molecule has 49 heavy (non-hydrogen) atoms. The molecule has 0 saturated heterocycles.